The van der Waals surface area contributed by atoms with Gasteiger partial charge in [-0.25, -0.2) is 9.97 Å². The van der Waals surface area contributed by atoms with E-state index < -0.39 is 86.7 Å². The lowest BCUT2D eigenvalue weighted by molar-refractivity contribution is -0.277. The standard InChI is InChI=1S/C62H62N8O14/c1-29(63)59(79)65-35-11-3-31(4-12-35)49-39-19-23-43(67-39)51(33-7-15-37(16-8-33)81-61-57(77)55(75)53(73)47(27-71)83-61)45-25-21-41(69-45)50(32-5-13-36(14-6-32)66-60(80)30(2)64)42-22-26-46(70-42)52(44-24-20-40(49)68-44)34-9-17-38(18-10-34)82-62-58(78)56(76)54(74)48(28-72)84-62/h3-26,29-30,47-48,53-58,61-62,67-68,71-78H,27-28,63-64H2,1-2H3,(H,65,79)(H,66,80)/t29-,30-,47+,48+,53+,54+,55-,56-,57+,58+,61+,62+/m0/s1. The highest BCUT2D eigenvalue weighted by molar-refractivity contribution is 6.01. The van der Waals surface area contributed by atoms with Crippen molar-refractivity contribution in [3.63, 3.8) is 0 Å². The predicted molar refractivity (Wildman–Crippen MR) is 314 cm³/mol. The second-order valence-corrected chi connectivity index (χ2v) is 20.9. The smallest absolute Gasteiger partial charge is 0.240 e. The van der Waals surface area contributed by atoms with Gasteiger partial charge in [0, 0.05) is 55.7 Å². The summed E-state index contributed by atoms with van der Waals surface area (Å²) >= 11 is 0. The molecule has 84 heavy (non-hydrogen) atoms. The molecule has 22 nitrogen and oxygen atoms in total. The van der Waals surface area contributed by atoms with Crippen LogP contribution in [0, 0.1) is 0 Å². The first-order valence-corrected chi connectivity index (χ1v) is 27.1. The van der Waals surface area contributed by atoms with Crippen molar-refractivity contribution in [1.29, 1.82) is 0 Å². The number of nitrogens with two attached hydrogens (primary N) is 2. The van der Waals surface area contributed by atoms with E-state index in [0.29, 0.717) is 89.6 Å². The Morgan fingerprint density at radius 2 is 0.774 bits per heavy atom. The van der Waals surface area contributed by atoms with E-state index in [-0.39, 0.29) is 23.3 Å². The van der Waals surface area contributed by atoms with Crippen molar-refractivity contribution >= 4 is 69.6 Å². The quantitative estimate of drug-likeness (QED) is 0.0723. The van der Waals surface area contributed by atoms with Gasteiger partial charge in [-0.2, -0.15) is 0 Å². The molecule has 4 aliphatic rings. The number of hydrogen-bond acceptors (Lipinski definition) is 18. The minimum absolute atomic E-state index is 0.252. The molecule has 0 aliphatic carbocycles. The fraction of sp³-hybridized carbons (Fsp3) is 0.258. The van der Waals surface area contributed by atoms with Crippen LogP contribution >= 0.6 is 0 Å². The third-order valence-corrected chi connectivity index (χ3v) is 15.0. The minimum Gasteiger partial charge on any atom is -0.462 e. The highest BCUT2D eigenvalue weighted by Crippen LogP contribution is 2.40. The van der Waals surface area contributed by atoms with Crippen molar-refractivity contribution in [2.45, 2.75) is 87.3 Å². The molecule has 7 heterocycles. The molecule has 16 N–H and O–H groups in total. The largest absolute Gasteiger partial charge is 0.462 e. The van der Waals surface area contributed by atoms with E-state index in [1.54, 1.807) is 86.6 Å². The van der Waals surface area contributed by atoms with Crippen LogP contribution in [0.5, 0.6) is 11.5 Å². The number of anilines is 2. The number of H-pyrrole nitrogens is 2. The topological polar surface area (TPSA) is 366 Å². The van der Waals surface area contributed by atoms with Gasteiger partial charge in [0.15, 0.2) is 0 Å². The molecule has 2 fully saturated rings. The molecule has 4 aliphatic heterocycles. The average molecular weight is 1140 g/mol. The predicted octanol–water partition coefficient (Wildman–Crippen LogP) is 4.25. The highest BCUT2D eigenvalue weighted by atomic mass is 16.7. The normalized spacial score (nSPS) is 23.6. The number of fused-ring (bicyclic) bond motifs is 8. The van der Waals surface area contributed by atoms with Gasteiger partial charge < -0.3 is 91.9 Å². The summed E-state index contributed by atoms with van der Waals surface area (Å²) in [4.78, 5) is 43.4. The molecule has 3 aromatic heterocycles. The second-order valence-electron chi connectivity index (χ2n) is 20.9. The Labute approximate surface area is 480 Å². The third kappa shape index (κ3) is 11.5. The van der Waals surface area contributed by atoms with E-state index in [9.17, 15) is 50.4 Å². The summed E-state index contributed by atoms with van der Waals surface area (Å²) < 4.78 is 23.3. The van der Waals surface area contributed by atoms with Crippen LogP contribution in [-0.2, 0) is 19.1 Å². The molecule has 2 saturated heterocycles. The van der Waals surface area contributed by atoms with Gasteiger partial charge in [0.2, 0.25) is 24.4 Å². The SMILES string of the molecule is C[C@H](N)C(=O)Nc1ccc(-c2c3nc(c(-c4ccc(O[C@@H]5O[C@H](CO)[C@@H](O)[C@H](O)[C@H]5O)cc4)c4ccc([nH]4)c(-c4ccc(NC(=O)[C@H](C)N)cc4)c4ccc([nH]4)c(-c4ccc(O[C@@H]5O[C@H](CO)[C@@H](O)[C@H](O)[C@H]5O)cc4)c4nc2C=C4)C=C3)cc1. The maximum Gasteiger partial charge on any atom is 0.240 e. The van der Waals surface area contributed by atoms with Crippen LogP contribution in [-0.4, -0.2) is 159 Å². The number of amides is 2. The van der Waals surface area contributed by atoms with Crippen LogP contribution in [0.25, 0.3) is 90.9 Å². The molecule has 0 spiro atoms. The molecule has 11 rings (SSSR count). The van der Waals surface area contributed by atoms with Gasteiger partial charge in [0.25, 0.3) is 0 Å². The van der Waals surface area contributed by atoms with Crippen LogP contribution in [0.2, 0.25) is 0 Å². The Bertz CT molecular complexity index is 3630. The van der Waals surface area contributed by atoms with Gasteiger partial charge in [-0.05, 0) is 133 Å². The first kappa shape index (κ1) is 57.4. The molecule has 22 heteroatoms. The zero-order chi connectivity index (χ0) is 59.1. The molecule has 434 valence electrons. The lowest BCUT2D eigenvalue weighted by Crippen LogP contribution is -2.60. The Balaban J connectivity index is 1.11. The number of aliphatic hydroxyl groups is 8. The van der Waals surface area contributed by atoms with Crippen LogP contribution < -0.4 is 31.6 Å². The van der Waals surface area contributed by atoms with Crippen molar-refractivity contribution in [1.82, 2.24) is 19.9 Å². The van der Waals surface area contributed by atoms with E-state index in [4.69, 9.17) is 40.4 Å². The number of carbonyl (C=O) groups is 2. The maximum absolute atomic E-state index is 12.7. The first-order chi connectivity index (χ1) is 40.5. The number of nitrogens with one attached hydrogen (secondary N) is 4. The Morgan fingerprint density at radius 1 is 0.464 bits per heavy atom. The Kier molecular flexibility index (Phi) is 16.4. The number of carbonyl (C=O) groups excluding carboxylic acids is 2. The first-order valence-electron chi connectivity index (χ1n) is 27.1. The van der Waals surface area contributed by atoms with E-state index >= 15 is 0 Å². The number of hydrogen-bond donors (Lipinski definition) is 14. The van der Waals surface area contributed by atoms with Crippen molar-refractivity contribution in [2.24, 2.45) is 11.5 Å². The second kappa shape index (κ2) is 24.0. The number of aromatic nitrogens is 4. The third-order valence-electron chi connectivity index (χ3n) is 15.0. The van der Waals surface area contributed by atoms with E-state index in [2.05, 4.69) is 20.6 Å². The van der Waals surface area contributed by atoms with Crippen LogP contribution in [0.3, 0.4) is 0 Å². The molecule has 8 bridgehead atoms. The molecule has 7 aromatic rings. The molecule has 4 aromatic carbocycles. The Hall–Kier alpha value is -8.46. The summed E-state index contributed by atoms with van der Waals surface area (Å²) in [5, 5.41) is 88.6. The lowest BCUT2D eigenvalue weighted by Gasteiger charge is -2.39. The van der Waals surface area contributed by atoms with Crippen LogP contribution in [0.15, 0.2) is 121 Å². The zero-order valence-electron chi connectivity index (χ0n) is 45.3. The zero-order valence-corrected chi connectivity index (χ0v) is 45.3. The fourth-order valence-electron chi connectivity index (χ4n) is 10.4. The van der Waals surface area contributed by atoms with E-state index in [1.807, 2.05) is 72.8 Å². The average Bonchev–Trinajstić information content (AvgIpc) is 3.75. The van der Waals surface area contributed by atoms with Gasteiger partial charge >= 0.3 is 0 Å². The van der Waals surface area contributed by atoms with Crippen LogP contribution in [0.1, 0.15) is 36.6 Å². The molecule has 0 unspecified atom stereocenters. The molecule has 2 amide bonds. The van der Waals surface area contributed by atoms with Gasteiger partial charge in [0.05, 0.1) is 48.1 Å². The molecule has 0 saturated carbocycles. The number of nitrogens with zero attached hydrogens (tertiary/aromatic N) is 2. The maximum atomic E-state index is 12.7. The number of aromatic amines is 2. The van der Waals surface area contributed by atoms with Crippen molar-refractivity contribution in [3.8, 4) is 56.0 Å². The molecule has 12 atom stereocenters. The number of benzene rings is 4. The van der Waals surface area contributed by atoms with Gasteiger partial charge in [0.1, 0.15) is 60.3 Å². The number of ether oxygens (including phenoxy) is 4. The van der Waals surface area contributed by atoms with E-state index in [0.717, 1.165) is 11.1 Å². The number of aliphatic hydroxyl groups excluding tert-OH is 8. The van der Waals surface area contributed by atoms with Gasteiger partial charge in [-0.15, -0.1) is 0 Å². The summed E-state index contributed by atoms with van der Waals surface area (Å²) in [7, 11) is 0. The monoisotopic (exact) mass is 1140 g/mol. The molecular weight excluding hydrogens is 1080 g/mol. The molecular formula is C62H62N8O14. The summed E-state index contributed by atoms with van der Waals surface area (Å²) in [6.45, 7) is 1.95. The Morgan fingerprint density at radius 3 is 1.12 bits per heavy atom. The van der Waals surface area contributed by atoms with Gasteiger partial charge in [-0.3, -0.25) is 9.59 Å². The lowest BCUT2D eigenvalue weighted by atomic mass is 9.99. The fourth-order valence-corrected chi connectivity index (χ4v) is 10.4. The van der Waals surface area contributed by atoms with E-state index in [1.165, 1.54) is 0 Å². The number of rotatable bonds is 14. The van der Waals surface area contributed by atoms with Crippen molar-refractivity contribution in [2.75, 3.05) is 23.8 Å². The summed E-state index contributed by atoms with van der Waals surface area (Å²) in [6, 6.07) is 34.7. The minimum atomic E-state index is -1.64. The van der Waals surface area contributed by atoms with Crippen molar-refractivity contribution < 1.29 is 69.4 Å². The molecule has 0 radical (unpaired) electrons. The highest BCUT2D eigenvalue weighted by Gasteiger charge is 2.46. The summed E-state index contributed by atoms with van der Waals surface area (Å²) in [6.07, 6.45) is -7.28. The summed E-state index contributed by atoms with van der Waals surface area (Å²) in [5.41, 5.74) is 23.2. The van der Waals surface area contributed by atoms with Gasteiger partial charge in [-0.1, -0.05) is 48.5 Å². The van der Waals surface area contributed by atoms with Crippen LogP contribution in [0.4, 0.5) is 11.4 Å². The summed E-state index contributed by atoms with van der Waals surface area (Å²) in [5.74, 6) is -0.206. The van der Waals surface area contributed by atoms with Crippen molar-refractivity contribution in [3.05, 3.63) is 144 Å².